The molecule has 0 bridgehead atoms. The molecule has 3 N–H and O–H groups in total. The lowest BCUT2D eigenvalue weighted by atomic mass is 10.2. The Hall–Kier alpha value is -1.38. The Morgan fingerprint density at radius 3 is 2.95 bits per heavy atom. The highest BCUT2D eigenvalue weighted by molar-refractivity contribution is 7.18. The van der Waals surface area contributed by atoms with Crippen LogP contribution in [0.2, 0.25) is 0 Å². The third kappa shape index (κ3) is 3.45. The van der Waals surface area contributed by atoms with E-state index in [1.54, 1.807) is 0 Å². The standard InChI is InChI=1S/C13H20N4O3S/c14-11-10(12(18)15-8-9-2-1-5-20-9)21-13(16-11)17-3-6-19-7-4-17/h9H,1-8,14H2,(H,15,18). The fourth-order valence-electron chi connectivity index (χ4n) is 2.46. The third-order valence-electron chi connectivity index (χ3n) is 3.64. The van der Waals surface area contributed by atoms with Crippen molar-refractivity contribution in [2.75, 3.05) is 50.1 Å². The molecule has 0 saturated carbocycles. The number of morpholine rings is 1. The van der Waals surface area contributed by atoms with Crippen LogP contribution in [-0.2, 0) is 9.47 Å². The second-order valence-electron chi connectivity index (χ2n) is 5.16. The van der Waals surface area contributed by atoms with Crippen molar-refractivity contribution in [3.63, 3.8) is 0 Å². The number of thiazole rings is 1. The Kier molecular flexibility index (Phi) is 4.57. The van der Waals surface area contributed by atoms with Crippen molar-refractivity contribution in [2.45, 2.75) is 18.9 Å². The van der Waals surface area contributed by atoms with Gasteiger partial charge in [-0.15, -0.1) is 0 Å². The highest BCUT2D eigenvalue weighted by atomic mass is 32.1. The molecule has 2 saturated heterocycles. The van der Waals surface area contributed by atoms with Crippen LogP contribution in [-0.4, -0.2) is 56.5 Å². The fourth-order valence-corrected chi connectivity index (χ4v) is 3.42. The summed E-state index contributed by atoms with van der Waals surface area (Å²) in [7, 11) is 0. The summed E-state index contributed by atoms with van der Waals surface area (Å²) in [5, 5.41) is 3.67. The average Bonchev–Trinajstić information content (AvgIpc) is 3.15. The predicted molar refractivity (Wildman–Crippen MR) is 80.9 cm³/mol. The molecule has 7 nitrogen and oxygen atoms in total. The van der Waals surface area contributed by atoms with Crippen LogP contribution in [0.25, 0.3) is 0 Å². The highest BCUT2D eigenvalue weighted by Crippen LogP contribution is 2.28. The van der Waals surface area contributed by atoms with Gasteiger partial charge in [0, 0.05) is 26.2 Å². The molecule has 116 valence electrons. The molecule has 1 aromatic heterocycles. The van der Waals surface area contributed by atoms with Gasteiger partial charge in [-0.1, -0.05) is 11.3 Å². The number of hydrogen-bond acceptors (Lipinski definition) is 7. The number of nitrogens with one attached hydrogen (secondary N) is 1. The molecular weight excluding hydrogens is 292 g/mol. The van der Waals surface area contributed by atoms with Gasteiger partial charge in [0.2, 0.25) is 0 Å². The topological polar surface area (TPSA) is 89.7 Å². The number of nitrogen functional groups attached to an aromatic ring is 1. The maximum absolute atomic E-state index is 12.2. The Bertz CT molecular complexity index is 496. The van der Waals surface area contributed by atoms with Gasteiger partial charge >= 0.3 is 0 Å². The van der Waals surface area contributed by atoms with E-state index in [0.717, 1.165) is 37.7 Å². The van der Waals surface area contributed by atoms with Gasteiger partial charge in [-0.3, -0.25) is 4.79 Å². The van der Waals surface area contributed by atoms with Gasteiger partial charge in [0.05, 0.1) is 19.3 Å². The van der Waals surface area contributed by atoms with E-state index < -0.39 is 0 Å². The largest absolute Gasteiger partial charge is 0.382 e. The molecule has 0 aromatic carbocycles. The Morgan fingerprint density at radius 2 is 2.24 bits per heavy atom. The van der Waals surface area contributed by atoms with Crippen molar-refractivity contribution >= 4 is 28.2 Å². The smallest absolute Gasteiger partial charge is 0.265 e. The summed E-state index contributed by atoms with van der Waals surface area (Å²) in [5.74, 6) is 0.131. The lowest BCUT2D eigenvalue weighted by Crippen LogP contribution is -2.36. The fraction of sp³-hybridized carbons (Fsp3) is 0.692. The minimum absolute atomic E-state index is 0.127. The third-order valence-corrected chi connectivity index (χ3v) is 4.77. The van der Waals surface area contributed by atoms with Crippen molar-refractivity contribution in [1.82, 2.24) is 10.3 Å². The zero-order valence-corrected chi connectivity index (χ0v) is 12.7. The number of ether oxygens (including phenoxy) is 2. The molecule has 21 heavy (non-hydrogen) atoms. The number of carbonyl (C=O) groups is 1. The van der Waals surface area contributed by atoms with Crippen molar-refractivity contribution in [2.24, 2.45) is 0 Å². The zero-order chi connectivity index (χ0) is 14.7. The molecule has 0 radical (unpaired) electrons. The maximum atomic E-state index is 12.2. The Morgan fingerprint density at radius 1 is 1.43 bits per heavy atom. The van der Waals surface area contributed by atoms with Gasteiger partial charge in [-0.2, -0.15) is 0 Å². The molecule has 1 aromatic rings. The summed E-state index contributed by atoms with van der Waals surface area (Å²) >= 11 is 1.34. The van der Waals surface area contributed by atoms with Crippen LogP contribution < -0.4 is 16.0 Å². The van der Waals surface area contributed by atoms with E-state index in [9.17, 15) is 4.79 Å². The molecule has 2 fully saturated rings. The first-order valence-corrected chi connectivity index (χ1v) is 8.04. The zero-order valence-electron chi connectivity index (χ0n) is 11.8. The van der Waals surface area contributed by atoms with Gasteiger partial charge in [0.1, 0.15) is 10.7 Å². The normalized spacial score (nSPS) is 22.5. The summed E-state index contributed by atoms with van der Waals surface area (Å²) in [5.41, 5.74) is 5.88. The Balaban J connectivity index is 1.61. The van der Waals surface area contributed by atoms with Crippen LogP contribution in [0.5, 0.6) is 0 Å². The molecule has 2 aliphatic rings. The molecule has 1 atom stereocenters. The average molecular weight is 312 g/mol. The summed E-state index contributed by atoms with van der Waals surface area (Å²) in [6.07, 6.45) is 2.18. The van der Waals surface area contributed by atoms with Crippen LogP contribution in [0.3, 0.4) is 0 Å². The minimum atomic E-state index is -0.167. The highest BCUT2D eigenvalue weighted by Gasteiger charge is 2.22. The quantitative estimate of drug-likeness (QED) is 0.840. The van der Waals surface area contributed by atoms with Crippen molar-refractivity contribution in [1.29, 1.82) is 0 Å². The van der Waals surface area contributed by atoms with Crippen LogP contribution in [0, 0.1) is 0 Å². The van der Waals surface area contributed by atoms with E-state index in [-0.39, 0.29) is 12.0 Å². The van der Waals surface area contributed by atoms with Gasteiger partial charge in [-0.25, -0.2) is 4.98 Å². The first kappa shape index (κ1) is 14.6. The number of nitrogens with two attached hydrogens (primary N) is 1. The molecule has 1 amide bonds. The van der Waals surface area contributed by atoms with Gasteiger partial charge in [0.25, 0.3) is 5.91 Å². The molecule has 3 rings (SSSR count). The number of rotatable bonds is 4. The van der Waals surface area contributed by atoms with E-state index in [2.05, 4.69) is 15.2 Å². The van der Waals surface area contributed by atoms with E-state index in [1.807, 2.05) is 0 Å². The molecule has 0 spiro atoms. The molecule has 3 heterocycles. The first-order chi connectivity index (χ1) is 10.2. The van der Waals surface area contributed by atoms with E-state index >= 15 is 0 Å². The summed E-state index contributed by atoms with van der Waals surface area (Å²) in [6.45, 7) is 4.24. The minimum Gasteiger partial charge on any atom is -0.382 e. The number of nitrogens with zero attached hydrogens (tertiary/aromatic N) is 2. The number of anilines is 2. The molecular formula is C13H20N4O3S. The van der Waals surface area contributed by atoms with E-state index in [4.69, 9.17) is 15.2 Å². The van der Waals surface area contributed by atoms with Crippen molar-refractivity contribution in [3.8, 4) is 0 Å². The Labute approximate surface area is 127 Å². The van der Waals surface area contributed by atoms with E-state index in [0.29, 0.717) is 30.5 Å². The second-order valence-corrected chi connectivity index (χ2v) is 6.13. The number of aromatic nitrogens is 1. The van der Waals surface area contributed by atoms with Crippen molar-refractivity contribution in [3.05, 3.63) is 4.88 Å². The number of hydrogen-bond donors (Lipinski definition) is 2. The molecule has 1 unspecified atom stereocenters. The summed E-state index contributed by atoms with van der Waals surface area (Å²) < 4.78 is 10.8. The van der Waals surface area contributed by atoms with E-state index in [1.165, 1.54) is 11.3 Å². The first-order valence-electron chi connectivity index (χ1n) is 7.23. The van der Waals surface area contributed by atoms with Crippen LogP contribution in [0.1, 0.15) is 22.5 Å². The van der Waals surface area contributed by atoms with Gasteiger partial charge in [-0.05, 0) is 12.8 Å². The van der Waals surface area contributed by atoms with Gasteiger partial charge < -0.3 is 25.4 Å². The SMILES string of the molecule is Nc1nc(N2CCOCC2)sc1C(=O)NCC1CCCO1. The summed E-state index contributed by atoms with van der Waals surface area (Å²) in [4.78, 5) is 19.1. The molecule has 8 heteroatoms. The second kappa shape index (κ2) is 6.59. The van der Waals surface area contributed by atoms with Crippen LogP contribution in [0.15, 0.2) is 0 Å². The molecule has 2 aliphatic heterocycles. The lowest BCUT2D eigenvalue weighted by Gasteiger charge is -2.25. The maximum Gasteiger partial charge on any atom is 0.265 e. The number of amides is 1. The number of carbonyl (C=O) groups excluding carboxylic acids is 1. The van der Waals surface area contributed by atoms with Gasteiger partial charge in [0.15, 0.2) is 5.13 Å². The van der Waals surface area contributed by atoms with Crippen molar-refractivity contribution < 1.29 is 14.3 Å². The monoisotopic (exact) mass is 312 g/mol. The van der Waals surface area contributed by atoms with Crippen LogP contribution >= 0.6 is 11.3 Å². The summed E-state index contributed by atoms with van der Waals surface area (Å²) in [6, 6.07) is 0. The van der Waals surface area contributed by atoms with Crippen LogP contribution in [0.4, 0.5) is 10.9 Å². The lowest BCUT2D eigenvalue weighted by molar-refractivity contribution is 0.0861. The molecule has 0 aliphatic carbocycles. The predicted octanol–water partition coefficient (Wildman–Crippen LogP) is 0.471.